The Bertz CT molecular complexity index is 403. The molecule has 1 rings (SSSR count). The van der Waals surface area contributed by atoms with Crippen molar-refractivity contribution in [2.75, 3.05) is 0 Å². The summed E-state index contributed by atoms with van der Waals surface area (Å²) in [4.78, 5) is 0.339. The molecule has 1 aromatic rings. The first kappa shape index (κ1) is 10.7. The van der Waals surface area contributed by atoms with Gasteiger partial charge in [0.2, 0.25) is 9.84 Å². The van der Waals surface area contributed by atoms with Crippen LogP contribution in [0.5, 0.6) is 0 Å². The molecule has 0 atom stereocenters. The Morgan fingerprint density at radius 1 is 1.31 bits per heavy atom. The second-order valence-corrected chi connectivity index (χ2v) is 6.06. The van der Waals surface area contributed by atoms with Crippen LogP contribution >= 0.6 is 22.6 Å². The van der Waals surface area contributed by atoms with Crippen LogP contribution in [0.3, 0.4) is 0 Å². The van der Waals surface area contributed by atoms with Crippen molar-refractivity contribution in [3.8, 4) is 0 Å². The lowest BCUT2D eigenvalue weighted by Gasteiger charge is -1.97. The Hall–Kier alpha value is -0.360. The highest BCUT2D eigenvalue weighted by Gasteiger charge is 2.09. The zero-order valence-electron chi connectivity index (χ0n) is 7.07. The van der Waals surface area contributed by atoms with E-state index in [2.05, 4.69) is 0 Å². The summed E-state index contributed by atoms with van der Waals surface area (Å²) in [5.41, 5.74) is 0. The lowest BCUT2D eigenvalue weighted by molar-refractivity contribution is 0.604. The molecule has 1 aromatic carbocycles. The Morgan fingerprint density at radius 2 is 1.85 bits per heavy atom. The second kappa shape index (κ2) is 4.23. The average Bonchev–Trinajstić information content (AvgIpc) is 2.04. The summed E-state index contributed by atoms with van der Waals surface area (Å²) in [5.74, 6) is 0. The van der Waals surface area contributed by atoms with E-state index in [1.54, 1.807) is 37.3 Å². The van der Waals surface area contributed by atoms with Gasteiger partial charge in [-0.15, -0.1) is 0 Å². The van der Waals surface area contributed by atoms with Gasteiger partial charge in [-0.25, -0.2) is 8.42 Å². The number of allylic oxidation sites excluding steroid dienone is 1. The van der Waals surface area contributed by atoms with E-state index in [0.29, 0.717) is 4.90 Å². The van der Waals surface area contributed by atoms with Crippen molar-refractivity contribution in [2.45, 2.75) is 11.8 Å². The molecule has 0 bridgehead atoms. The predicted molar refractivity (Wildman–Crippen MR) is 61.4 cm³/mol. The van der Waals surface area contributed by atoms with Gasteiger partial charge >= 0.3 is 0 Å². The molecule has 70 valence electrons. The van der Waals surface area contributed by atoms with E-state index in [1.165, 1.54) is 5.41 Å². The molecule has 0 aliphatic rings. The molecule has 0 saturated heterocycles. The molecular formula is C9H9IO2S. The standard InChI is InChI=1S/C9H9IO2S/c1-8(10)7-13(11,12)9-5-3-2-4-6-9/h2-7H,1H3. The van der Waals surface area contributed by atoms with Gasteiger partial charge in [-0.2, -0.15) is 0 Å². The van der Waals surface area contributed by atoms with Crippen LogP contribution in [0.1, 0.15) is 6.92 Å². The molecule has 0 N–H and O–H groups in total. The van der Waals surface area contributed by atoms with Crippen LogP contribution in [0.2, 0.25) is 0 Å². The maximum atomic E-state index is 11.6. The summed E-state index contributed by atoms with van der Waals surface area (Å²) in [6.07, 6.45) is 0. The highest BCUT2D eigenvalue weighted by molar-refractivity contribution is 14.1. The third kappa shape index (κ3) is 3.11. The van der Waals surface area contributed by atoms with Gasteiger partial charge in [-0.05, 0) is 45.2 Å². The van der Waals surface area contributed by atoms with Crippen molar-refractivity contribution in [1.82, 2.24) is 0 Å². The Balaban J connectivity index is 3.18. The van der Waals surface area contributed by atoms with Crippen molar-refractivity contribution in [1.29, 1.82) is 0 Å². The average molecular weight is 308 g/mol. The maximum absolute atomic E-state index is 11.6. The molecule has 0 amide bonds. The zero-order chi connectivity index (χ0) is 9.90. The second-order valence-electron chi connectivity index (χ2n) is 2.56. The minimum Gasteiger partial charge on any atom is -0.219 e. The molecule has 0 saturated carbocycles. The van der Waals surface area contributed by atoms with Crippen LogP contribution in [0.4, 0.5) is 0 Å². The fraction of sp³-hybridized carbons (Fsp3) is 0.111. The highest BCUT2D eigenvalue weighted by atomic mass is 127. The fourth-order valence-corrected chi connectivity index (χ4v) is 3.00. The molecule has 0 aliphatic carbocycles. The van der Waals surface area contributed by atoms with Gasteiger partial charge in [0, 0.05) is 5.41 Å². The molecule has 0 aromatic heterocycles. The van der Waals surface area contributed by atoms with Gasteiger partial charge in [0.25, 0.3) is 0 Å². The SMILES string of the molecule is CC(I)=CS(=O)(=O)c1ccccc1. The summed E-state index contributed by atoms with van der Waals surface area (Å²) < 4.78 is 23.9. The molecule has 2 nitrogen and oxygen atoms in total. The normalized spacial score (nSPS) is 12.9. The van der Waals surface area contributed by atoms with Crippen molar-refractivity contribution in [3.63, 3.8) is 0 Å². The number of rotatable bonds is 2. The Morgan fingerprint density at radius 3 is 2.31 bits per heavy atom. The van der Waals surface area contributed by atoms with Gasteiger partial charge in [0.1, 0.15) is 0 Å². The first-order chi connectivity index (χ1) is 6.02. The first-order valence-electron chi connectivity index (χ1n) is 3.66. The number of hydrogen-bond donors (Lipinski definition) is 0. The van der Waals surface area contributed by atoms with Crippen LogP contribution in [0, 0.1) is 0 Å². The van der Waals surface area contributed by atoms with Crippen molar-refractivity contribution in [2.24, 2.45) is 0 Å². The van der Waals surface area contributed by atoms with Gasteiger partial charge < -0.3 is 0 Å². The Kier molecular flexibility index (Phi) is 3.49. The molecule has 0 aliphatic heterocycles. The fourth-order valence-electron chi connectivity index (χ4n) is 0.892. The molecule has 0 heterocycles. The molecule has 0 unspecified atom stereocenters. The lowest BCUT2D eigenvalue weighted by atomic mass is 10.4. The van der Waals surface area contributed by atoms with E-state index in [4.69, 9.17) is 0 Å². The van der Waals surface area contributed by atoms with Crippen LogP contribution in [0.15, 0.2) is 44.2 Å². The minimum absolute atomic E-state index is 0.339. The molecule has 0 fully saturated rings. The summed E-state index contributed by atoms with van der Waals surface area (Å²) in [6.45, 7) is 1.75. The van der Waals surface area contributed by atoms with Gasteiger partial charge in [-0.3, -0.25) is 0 Å². The smallest absolute Gasteiger partial charge is 0.200 e. The van der Waals surface area contributed by atoms with E-state index in [9.17, 15) is 8.42 Å². The first-order valence-corrected chi connectivity index (χ1v) is 6.29. The molecule has 4 heteroatoms. The van der Waals surface area contributed by atoms with Crippen LogP contribution in [0.25, 0.3) is 0 Å². The number of benzene rings is 1. The summed E-state index contributed by atoms with van der Waals surface area (Å²) in [7, 11) is -3.23. The largest absolute Gasteiger partial charge is 0.219 e. The number of halogens is 1. The summed E-state index contributed by atoms with van der Waals surface area (Å²) >= 11 is 1.98. The summed E-state index contributed by atoms with van der Waals surface area (Å²) in [5, 5.41) is 1.27. The van der Waals surface area contributed by atoms with Gasteiger partial charge in [0.15, 0.2) is 0 Å². The molecule has 0 spiro atoms. The van der Waals surface area contributed by atoms with E-state index >= 15 is 0 Å². The third-order valence-electron chi connectivity index (χ3n) is 1.39. The van der Waals surface area contributed by atoms with Gasteiger partial charge in [0.05, 0.1) is 4.90 Å². The molecule has 0 radical (unpaired) electrons. The zero-order valence-corrected chi connectivity index (χ0v) is 10.0. The van der Waals surface area contributed by atoms with Crippen molar-refractivity contribution < 1.29 is 8.42 Å². The topological polar surface area (TPSA) is 34.1 Å². The number of sulfone groups is 1. The lowest BCUT2D eigenvalue weighted by Crippen LogP contribution is -1.95. The van der Waals surface area contributed by atoms with Crippen LogP contribution in [-0.2, 0) is 9.84 Å². The van der Waals surface area contributed by atoms with Crippen molar-refractivity contribution >= 4 is 32.4 Å². The van der Waals surface area contributed by atoms with Gasteiger partial charge in [-0.1, -0.05) is 18.2 Å². The Labute approximate surface area is 91.7 Å². The third-order valence-corrected chi connectivity index (χ3v) is 3.72. The summed E-state index contributed by atoms with van der Waals surface area (Å²) in [6, 6.07) is 8.39. The van der Waals surface area contributed by atoms with Crippen LogP contribution < -0.4 is 0 Å². The quantitative estimate of drug-likeness (QED) is 0.787. The molecular weight excluding hydrogens is 299 g/mol. The monoisotopic (exact) mass is 308 g/mol. The minimum atomic E-state index is -3.23. The van der Waals surface area contributed by atoms with Crippen molar-refractivity contribution in [3.05, 3.63) is 39.3 Å². The van der Waals surface area contributed by atoms with E-state index in [0.717, 1.165) is 3.58 Å². The maximum Gasteiger partial charge on any atom is 0.200 e. The van der Waals surface area contributed by atoms with E-state index < -0.39 is 9.84 Å². The van der Waals surface area contributed by atoms with Crippen LogP contribution in [-0.4, -0.2) is 8.42 Å². The predicted octanol–water partition coefficient (Wildman–Crippen LogP) is 2.76. The highest BCUT2D eigenvalue weighted by Crippen LogP contribution is 2.15. The van der Waals surface area contributed by atoms with E-state index in [-0.39, 0.29) is 0 Å². The van der Waals surface area contributed by atoms with E-state index in [1.807, 2.05) is 22.6 Å². The molecule has 13 heavy (non-hydrogen) atoms. The number of hydrogen-bond acceptors (Lipinski definition) is 2.